The number of hydrogen-bond donors (Lipinski definition) is 2. The molecule has 0 bridgehead atoms. The molecule has 3 fully saturated rings. The van der Waals surface area contributed by atoms with Gasteiger partial charge in [-0.1, -0.05) is 12.1 Å². The number of amides is 4. The van der Waals surface area contributed by atoms with E-state index in [1.54, 1.807) is 19.1 Å². The number of nitrogens with zero attached hydrogens (tertiary/aromatic N) is 2. The van der Waals surface area contributed by atoms with Crippen LogP contribution in [0.5, 0.6) is 0 Å². The first-order chi connectivity index (χ1) is 14.7. The van der Waals surface area contributed by atoms with Gasteiger partial charge in [0.05, 0.1) is 18.1 Å². The van der Waals surface area contributed by atoms with Crippen LogP contribution in [-0.2, 0) is 30.9 Å². The number of ether oxygens (including phenoxy) is 1. The fourth-order valence-electron chi connectivity index (χ4n) is 3.91. The molecule has 2 N–H and O–H groups in total. The first-order valence-corrected chi connectivity index (χ1v) is 11.7. The highest BCUT2D eigenvalue weighted by molar-refractivity contribution is 7.89. The van der Waals surface area contributed by atoms with Gasteiger partial charge in [-0.25, -0.2) is 13.2 Å². The van der Waals surface area contributed by atoms with Crippen LogP contribution in [0.25, 0.3) is 0 Å². The van der Waals surface area contributed by atoms with E-state index in [2.05, 4.69) is 10.6 Å². The number of imide groups is 1. The lowest BCUT2D eigenvalue weighted by Gasteiger charge is -2.26. The first kappa shape index (κ1) is 21.7. The Morgan fingerprint density at radius 1 is 1.19 bits per heavy atom. The SMILES string of the molecule is C[C@@]1(C2CC2)NC(=O)N(CC(=O)NCc2ccc(S(=O)(=O)N3CCOCC3)cc2)C1=O. The minimum atomic E-state index is -3.57. The second kappa shape index (κ2) is 8.21. The summed E-state index contributed by atoms with van der Waals surface area (Å²) in [6.45, 7) is 2.90. The van der Waals surface area contributed by atoms with Crippen LogP contribution < -0.4 is 10.6 Å². The molecule has 1 aromatic carbocycles. The summed E-state index contributed by atoms with van der Waals surface area (Å²) in [5.74, 6) is -0.703. The largest absolute Gasteiger partial charge is 0.379 e. The third-order valence-corrected chi connectivity index (χ3v) is 7.93. The fraction of sp³-hybridized carbons (Fsp3) is 0.550. The Morgan fingerprint density at radius 3 is 2.45 bits per heavy atom. The predicted molar refractivity (Wildman–Crippen MR) is 109 cm³/mol. The molecule has 0 radical (unpaired) electrons. The number of morpholine rings is 1. The van der Waals surface area contributed by atoms with E-state index >= 15 is 0 Å². The summed E-state index contributed by atoms with van der Waals surface area (Å²) >= 11 is 0. The van der Waals surface area contributed by atoms with E-state index in [1.165, 1.54) is 16.4 Å². The average Bonchev–Trinajstić information content (AvgIpc) is 3.59. The van der Waals surface area contributed by atoms with Crippen LogP contribution in [0.1, 0.15) is 25.3 Å². The second-order valence-corrected chi connectivity index (χ2v) is 10.2. The van der Waals surface area contributed by atoms with Crippen molar-refractivity contribution in [2.75, 3.05) is 32.8 Å². The van der Waals surface area contributed by atoms with Crippen molar-refractivity contribution in [3.63, 3.8) is 0 Å². The Labute approximate surface area is 181 Å². The van der Waals surface area contributed by atoms with Gasteiger partial charge in [-0.05, 0) is 43.4 Å². The highest BCUT2D eigenvalue weighted by Gasteiger charge is 2.56. The van der Waals surface area contributed by atoms with Gasteiger partial charge in [-0.2, -0.15) is 4.31 Å². The molecule has 1 aliphatic carbocycles. The molecule has 4 amide bonds. The van der Waals surface area contributed by atoms with Gasteiger partial charge in [0.1, 0.15) is 12.1 Å². The van der Waals surface area contributed by atoms with Gasteiger partial charge < -0.3 is 15.4 Å². The molecule has 2 heterocycles. The standard InChI is InChI=1S/C20H26N4O6S/c1-20(15-4-5-15)18(26)24(19(27)22-20)13-17(25)21-12-14-2-6-16(7-3-14)31(28,29)23-8-10-30-11-9-23/h2-3,6-7,15H,4-5,8-13H2,1H3,(H,21,25)(H,22,27)/t20-/m0/s1. The van der Waals surface area contributed by atoms with E-state index < -0.39 is 27.5 Å². The molecule has 2 saturated heterocycles. The van der Waals surface area contributed by atoms with Crippen molar-refractivity contribution in [3.05, 3.63) is 29.8 Å². The monoisotopic (exact) mass is 450 g/mol. The molecular formula is C20H26N4O6S. The maximum absolute atomic E-state index is 12.6. The summed E-state index contributed by atoms with van der Waals surface area (Å²) in [5, 5.41) is 5.38. The Kier molecular flexibility index (Phi) is 5.75. The lowest BCUT2D eigenvalue weighted by Crippen LogP contribution is -2.46. The number of urea groups is 1. The van der Waals surface area contributed by atoms with E-state index in [-0.39, 0.29) is 29.8 Å². The lowest BCUT2D eigenvalue weighted by atomic mass is 9.96. The number of carbonyl (C=O) groups excluding carboxylic acids is 3. The maximum Gasteiger partial charge on any atom is 0.325 e. The number of hydrogen-bond acceptors (Lipinski definition) is 6. The first-order valence-electron chi connectivity index (χ1n) is 10.3. The van der Waals surface area contributed by atoms with Crippen LogP contribution in [0.2, 0.25) is 0 Å². The number of sulfonamides is 1. The summed E-state index contributed by atoms with van der Waals surface area (Å²) < 4.78 is 31.9. The van der Waals surface area contributed by atoms with Crippen LogP contribution in [0.4, 0.5) is 4.79 Å². The summed E-state index contributed by atoms with van der Waals surface area (Å²) in [4.78, 5) is 38.2. The third kappa shape index (κ3) is 4.30. The number of carbonyl (C=O) groups is 3. The van der Waals surface area contributed by atoms with Gasteiger partial charge >= 0.3 is 6.03 Å². The molecule has 0 aromatic heterocycles. The summed E-state index contributed by atoms with van der Waals surface area (Å²) in [6.07, 6.45) is 1.78. The zero-order valence-electron chi connectivity index (χ0n) is 17.3. The summed E-state index contributed by atoms with van der Waals surface area (Å²) in [5.41, 5.74) is -0.214. The Bertz CT molecular complexity index is 985. The topological polar surface area (TPSA) is 125 Å². The number of rotatable bonds is 7. The van der Waals surface area contributed by atoms with E-state index in [0.717, 1.165) is 17.7 Å². The molecule has 0 spiro atoms. The number of benzene rings is 1. The van der Waals surface area contributed by atoms with E-state index in [4.69, 9.17) is 4.74 Å². The van der Waals surface area contributed by atoms with E-state index in [1.807, 2.05) is 0 Å². The molecule has 0 unspecified atom stereocenters. The van der Waals surface area contributed by atoms with E-state index in [9.17, 15) is 22.8 Å². The number of nitrogens with one attached hydrogen (secondary N) is 2. The summed E-state index contributed by atoms with van der Waals surface area (Å²) in [6, 6.07) is 5.72. The zero-order chi connectivity index (χ0) is 22.2. The van der Waals surface area contributed by atoms with Gasteiger partial charge in [-0.15, -0.1) is 0 Å². The highest BCUT2D eigenvalue weighted by Crippen LogP contribution is 2.42. The fourth-order valence-corrected chi connectivity index (χ4v) is 5.32. The third-order valence-electron chi connectivity index (χ3n) is 6.02. The van der Waals surface area contributed by atoms with Crippen molar-refractivity contribution >= 4 is 27.9 Å². The molecule has 168 valence electrons. The minimum absolute atomic E-state index is 0.129. The maximum atomic E-state index is 12.6. The molecule has 31 heavy (non-hydrogen) atoms. The van der Waals surface area contributed by atoms with Crippen molar-refractivity contribution in [2.45, 2.75) is 36.7 Å². The predicted octanol–water partition coefficient (Wildman–Crippen LogP) is 0.0442. The molecule has 3 aliphatic rings. The molecule has 2 aliphatic heterocycles. The molecular weight excluding hydrogens is 424 g/mol. The van der Waals surface area contributed by atoms with Gasteiger partial charge in [0.15, 0.2) is 0 Å². The van der Waals surface area contributed by atoms with Crippen LogP contribution in [0.3, 0.4) is 0 Å². The summed E-state index contributed by atoms with van der Waals surface area (Å²) in [7, 11) is -3.57. The van der Waals surface area contributed by atoms with Crippen molar-refractivity contribution in [3.8, 4) is 0 Å². The van der Waals surface area contributed by atoms with Gasteiger partial charge in [0, 0.05) is 19.6 Å². The van der Waals surface area contributed by atoms with E-state index in [0.29, 0.717) is 31.9 Å². The molecule has 10 nitrogen and oxygen atoms in total. The molecule has 1 saturated carbocycles. The second-order valence-electron chi connectivity index (χ2n) is 8.24. The van der Waals surface area contributed by atoms with Crippen molar-refractivity contribution in [2.24, 2.45) is 5.92 Å². The van der Waals surface area contributed by atoms with Crippen molar-refractivity contribution < 1.29 is 27.5 Å². The van der Waals surface area contributed by atoms with Gasteiger partial charge in [0.25, 0.3) is 5.91 Å². The highest BCUT2D eigenvalue weighted by atomic mass is 32.2. The smallest absolute Gasteiger partial charge is 0.325 e. The van der Waals surface area contributed by atoms with Crippen LogP contribution in [0, 0.1) is 5.92 Å². The van der Waals surface area contributed by atoms with Crippen LogP contribution in [0.15, 0.2) is 29.2 Å². The Morgan fingerprint density at radius 2 is 1.84 bits per heavy atom. The molecule has 4 rings (SSSR count). The minimum Gasteiger partial charge on any atom is -0.379 e. The molecule has 1 aromatic rings. The Hall–Kier alpha value is -2.50. The van der Waals surface area contributed by atoms with Gasteiger partial charge in [0.2, 0.25) is 15.9 Å². The quantitative estimate of drug-likeness (QED) is 0.566. The van der Waals surface area contributed by atoms with Crippen LogP contribution in [-0.4, -0.2) is 73.9 Å². The van der Waals surface area contributed by atoms with Gasteiger partial charge in [-0.3, -0.25) is 14.5 Å². The molecule has 1 atom stereocenters. The zero-order valence-corrected chi connectivity index (χ0v) is 18.1. The molecule has 11 heteroatoms. The van der Waals surface area contributed by atoms with Crippen LogP contribution >= 0.6 is 0 Å². The Balaban J connectivity index is 1.32. The van der Waals surface area contributed by atoms with Crippen molar-refractivity contribution in [1.29, 1.82) is 0 Å². The lowest BCUT2D eigenvalue weighted by molar-refractivity contribution is -0.135. The average molecular weight is 451 g/mol. The normalized spacial score (nSPS) is 24.9. The van der Waals surface area contributed by atoms with Crippen molar-refractivity contribution in [1.82, 2.24) is 19.8 Å².